The first-order valence-electron chi connectivity index (χ1n) is 7.20. The number of nitrogens with zero attached hydrogens (tertiary/aromatic N) is 2. The van der Waals surface area contributed by atoms with Gasteiger partial charge in [-0.15, -0.1) is 0 Å². The number of amides is 1. The lowest BCUT2D eigenvalue weighted by Gasteiger charge is -2.12. The summed E-state index contributed by atoms with van der Waals surface area (Å²) in [5, 5.41) is 2.48. The van der Waals surface area contributed by atoms with Gasteiger partial charge in [0.15, 0.2) is 0 Å². The Hall–Kier alpha value is -2.50. The first-order chi connectivity index (χ1) is 10.6. The van der Waals surface area contributed by atoms with Crippen LogP contribution >= 0.6 is 0 Å². The average molecular weight is 301 g/mol. The minimum Gasteiger partial charge on any atom is -0.322 e. The number of carbonyl (C=O) groups excluding carboxylic acids is 1. The molecule has 22 heavy (non-hydrogen) atoms. The highest BCUT2D eigenvalue weighted by atomic mass is 19.1. The molecule has 1 aromatic heterocycles. The van der Waals surface area contributed by atoms with Gasteiger partial charge in [0.2, 0.25) is 5.91 Å². The Morgan fingerprint density at radius 1 is 1.36 bits per heavy atom. The van der Waals surface area contributed by atoms with Gasteiger partial charge < -0.3 is 5.32 Å². The Labute approximate surface area is 126 Å². The van der Waals surface area contributed by atoms with E-state index in [-0.39, 0.29) is 17.8 Å². The number of hydrogen-bond donors (Lipinski definition) is 1. The predicted octanol–water partition coefficient (Wildman–Crippen LogP) is 1.82. The van der Waals surface area contributed by atoms with E-state index >= 15 is 0 Å². The monoisotopic (exact) mass is 301 g/mol. The second-order valence-corrected chi connectivity index (χ2v) is 5.36. The fraction of sp³-hybridized carbons (Fsp3) is 0.312. The molecule has 2 aromatic rings. The van der Waals surface area contributed by atoms with Crippen molar-refractivity contribution in [3.63, 3.8) is 0 Å². The van der Waals surface area contributed by atoms with E-state index in [9.17, 15) is 14.0 Å². The Morgan fingerprint density at radius 3 is 2.91 bits per heavy atom. The first-order valence-corrected chi connectivity index (χ1v) is 7.20. The van der Waals surface area contributed by atoms with Gasteiger partial charge >= 0.3 is 0 Å². The van der Waals surface area contributed by atoms with Crippen LogP contribution in [0.2, 0.25) is 0 Å². The van der Waals surface area contributed by atoms with Gasteiger partial charge in [0.1, 0.15) is 18.2 Å². The van der Waals surface area contributed by atoms with Gasteiger partial charge in [-0.1, -0.05) is 12.1 Å². The molecule has 1 amide bonds. The normalized spacial score (nSPS) is 13.0. The van der Waals surface area contributed by atoms with E-state index in [1.54, 1.807) is 19.1 Å². The van der Waals surface area contributed by atoms with Crippen LogP contribution in [0.15, 0.2) is 29.1 Å². The summed E-state index contributed by atoms with van der Waals surface area (Å²) in [4.78, 5) is 28.9. The van der Waals surface area contributed by atoms with Crippen molar-refractivity contribution in [1.29, 1.82) is 0 Å². The van der Waals surface area contributed by atoms with Crippen LogP contribution in [0.4, 0.5) is 10.1 Å². The lowest BCUT2D eigenvalue weighted by atomic mass is 10.2. The summed E-state index contributed by atoms with van der Waals surface area (Å²) in [6.45, 7) is 1.54. The maximum Gasteiger partial charge on any atom is 0.257 e. The number of fused-ring (bicyclic) bond motifs is 1. The second-order valence-electron chi connectivity index (χ2n) is 5.36. The van der Waals surface area contributed by atoms with E-state index in [2.05, 4.69) is 10.3 Å². The van der Waals surface area contributed by atoms with Crippen molar-refractivity contribution in [2.24, 2.45) is 0 Å². The standard InChI is InChI=1S/C16H16FN3O2/c1-10-18-13-8-4-5-11(13)16(22)20(10)9-15(21)19-14-7-3-2-6-12(14)17/h2-3,6-7H,4-5,8-9H2,1H3,(H,19,21). The fourth-order valence-electron chi connectivity index (χ4n) is 2.73. The number of nitrogens with one attached hydrogen (secondary N) is 1. The summed E-state index contributed by atoms with van der Waals surface area (Å²) >= 11 is 0. The molecule has 5 nitrogen and oxygen atoms in total. The van der Waals surface area contributed by atoms with E-state index in [4.69, 9.17) is 0 Å². The van der Waals surface area contributed by atoms with Gasteiger partial charge in [0.25, 0.3) is 5.56 Å². The molecule has 1 aliphatic rings. The molecule has 6 heteroatoms. The fourth-order valence-corrected chi connectivity index (χ4v) is 2.73. The zero-order valence-corrected chi connectivity index (χ0v) is 12.2. The molecule has 1 N–H and O–H groups in total. The van der Waals surface area contributed by atoms with Crippen LogP contribution in [0.25, 0.3) is 0 Å². The van der Waals surface area contributed by atoms with Crippen LogP contribution in [0.3, 0.4) is 0 Å². The Bertz CT molecular complexity index is 798. The van der Waals surface area contributed by atoms with Gasteiger partial charge in [-0.05, 0) is 38.3 Å². The minimum atomic E-state index is -0.507. The lowest BCUT2D eigenvalue weighted by molar-refractivity contribution is -0.116. The van der Waals surface area contributed by atoms with Gasteiger partial charge in [-0.2, -0.15) is 0 Å². The summed E-state index contributed by atoms with van der Waals surface area (Å²) in [6, 6.07) is 5.92. The Kier molecular flexibility index (Phi) is 3.75. The first kappa shape index (κ1) is 14.4. The highest BCUT2D eigenvalue weighted by Crippen LogP contribution is 2.17. The van der Waals surface area contributed by atoms with E-state index in [0.717, 1.165) is 18.5 Å². The summed E-state index contributed by atoms with van der Waals surface area (Å²) < 4.78 is 14.9. The van der Waals surface area contributed by atoms with Crippen LogP contribution in [-0.4, -0.2) is 15.5 Å². The van der Waals surface area contributed by atoms with E-state index in [0.29, 0.717) is 17.8 Å². The molecular weight excluding hydrogens is 285 g/mol. The smallest absolute Gasteiger partial charge is 0.257 e. The molecule has 0 bridgehead atoms. The number of anilines is 1. The maximum absolute atomic E-state index is 13.5. The molecule has 1 heterocycles. The topological polar surface area (TPSA) is 64.0 Å². The van der Waals surface area contributed by atoms with Crippen molar-refractivity contribution in [2.45, 2.75) is 32.7 Å². The molecule has 0 saturated heterocycles. The van der Waals surface area contributed by atoms with Crippen molar-refractivity contribution in [3.05, 3.63) is 57.5 Å². The quantitative estimate of drug-likeness (QED) is 0.940. The van der Waals surface area contributed by atoms with Gasteiger partial charge in [0, 0.05) is 5.56 Å². The molecule has 114 valence electrons. The molecule has 0 saturated carbocycles. The van der Waals surface area contributed by atoms with E-state index < -0.39 is 11.7 Å². The largest absolute Gasteiger partial charge is 0.322 e. The maximum atomic E-state index is 13.5. The van der Waals surface area contributed by atoms with Crippen molar-refractivity contribution < 1.29 is 9.18 Å². The lowest BCUT2D eigenvalue weighted by Crippen LogP contribution is -2.32. The van der Waals surface area contributed by atoms with Crippen LogP contribution in [0, 0.1) is 12.7 Å². The van der Waals surface area contributed by atoms with Crippen molar-refractivity contribution in [3.8, 4) is 0 Å². The molecule has 3 rings (SSSR count). The third-order valence-corrected chi connectivity index (χ3v) is 3.83. The van der Waals surface area contributed by atoms with Gasteiger partial charge in [0.05, 0.1) is 11.4 Å². The number of benzene rings is 1. The molecular formula is C16H16FN3O2. The number of aromatic nitrogens is 2. The van der Waals surface area contributed by atoms with Crippen molar-refractivity contribution >= 4 is 11.6 Å². The molecule has 0 atom stereocenters. The molecule has 0 unspecified atom stereocenters. The van der Waals surface area contributed by atoms with Crippen LogP contribution in [-0.2, 0) is 24.2 Å². The highest BCUT2D eigenvalue weighted by Gasteiger charge is 2.20. The number of rotatable bonds is 3. The average Bonchev–Trinajstić information content (AvgIpc) is 2.94. The molecule has 0 radical (unpaired) electrons. The Balaban J connectivity index is 1.83. The van der Waals surface area contributed by atoms with E-state index in [1.165, 1.54) is 16.7 Å². The van der Waals surface area contributed by atoms with E-state index in [1.807, 2.05) is 0 Å². The third kappa shape index (κ3) is 2.64. The number of hydrogen-bond acceptors (Lipinski definition) is 3. The summed E-state index contributed by atoms with van der Waals surface area (Å²) in [5.74, 6) is -0.448. The third-order valence-electron chi connectivity index (χ3n) is 3.83. The number of carbonyl (C=O) groups is 1. The number of halogens is 1. The second kappa shape index (κ2) is 5.71. The molecule has 1 aliphatic carbocycles. The summed E-state index contributed by atoms with van der Waals surface area (Å²) in [7, 11) is 0. The summed E-state index contributed by atoms with van der Waals surface area (Å²) in [6.07, 6.45) is 2.44. The highest BCUT2D eigenvalue weighted by molar-refractivity contribution is 5.90. The SMILES string of the molecule is Cc1nc2c(c(=O)n1CC(=O)Nc1ccccc1F)CCC2. The molecule has 0 fully saturated rings. The minimum absolute atomic E-state index is 0.104. The zero-order chi connectivity index (χ0) is 15.7. The van der Waals surface area contributed by atoms with Gasteiger partial charge in [-0.25, -0.2) is 9.37 Å². The Morgan fingerprint density at radius 2 is 2.14 bits per heavy atom. The number of aryl methyl sites for hydroxylation is 2. The summed E-state index contributed by atoms with van der Waals surface area (Å²) in [5.41, 5.74) is 1.48. The van der Waals surface area contributed by atoms with Crippen molar-refractivity contribution in [2.75, 3.05) is 5.32 Å². The number of para-hydroxylation sites is 1. The molecule has 0 spiro atoms. The molecule has 0 aliphatic heterocycles. The van der Waals surface area contributed by atoms with Crippen molar-refractivity contribution in [1.82, 2.24) is 9.55 Å². The molecule has 1 aromatic carbocycles. The van der Waals surface area contributed by atoms with Crippen LogP contribution in [0.1, 0.15) is 23.5 Å². The zero-order valence-electron chi connectivity index (χ0n) is 12.2. The predicted molar refractivity (Wildman–Crippen MR) is 80.3 cm³/mol. The van der Waals surface area contributed by atoms with Gasteiger partial charge in [-0.3, -0.25) is 14.2 Å². The van der Waals surface area contributed by atoms with Crippen LogP contribution < -0.4 is 10.9 Å². The van der Waals surface area contributed by atoms with Crippen LogP contribution in [0.5, 0.6) is 0 Å².